The Labute approximate surface area is 116 Å². The SMILES string of the molecule is CC(CNCC(O)CN1CCOCC1)N1CCCC1. The minimum Gasteiger partial charge on any atom is -0.390 e. The Balaban J connectivity index is 1.54. The summed E-state index contributed by atoms with van der Waals surface area (Å²) in [6.45, 7) is 10.6. The predicted molar refractivity (Wildman–Crippen MR) is 76.4 cm³/mol. The quantitative estimate of drug-likeness (QED) is 0.669. The summed E-state index contributed by atoms with van der Waals surface area (Å²) in [4.78, 5) is 4.81. The number of rotatable bonds is 7. The van der Waals surface area contributed by atoms with Crippen molar-refractivity contribution in [1.82, 2.24) is 15.1 Å². The van der Waals surface area contributed by atoms with E-state index >= 15 is 0 Å². The monoisotopic (exact) mass is 271 g/mol. The fraction of sp³-hybridized carbons (Fsp3) is 1.00. The summed E-state index contributed by atoms with van der Waals surface area (Å²) in [6.07, 6.45) is 2.40. The Morgan fingerprint density at radius 1 is 1.11 bits per heavy atom. The summed E-state index contributed by atoms with van der Waals surface area (Å²) in [5.41, 5.74) is 0. The van der Waals surface area contributed by atoms with E-state index in [1.165, 1.54) is 25.9 Å². The molecule has 0 aromatic rings. The van der Waals surface area contributed by atoms with E-state index in [1.807, 2.05) is 0 Å². The lowest BCUT2D eigenvalue weighted by Gasteiger charge is -2.29. The van der Waals surface area contributed by atoms with E-state index in [9.17, 15) is 5.11 Å². The minimum atomic E-state index is -0.274. The molecule has 0 bridgehead atoms. The first kappa shape index (κ1) is 15.2. The van der Waals surface area contributed by atoms with Crippen molar-refractivity contribution in [2.75, 3.05) is 59.0 Å². The second-order valence-electron chi connectivity index (χ2n) is 5.82. The summed E-state index contributed by atoms with van der Waals surface area (Å²) in [7, 11) is 0. The molecule has 2 unspecified atom stereocenters. The molecule has 0 spiro atoms. The molecule has 2 aliphatic heterocycles. The number of morpholine rings is 1. The van der Waals surface area contributed by atoms with Crippen molar-refractivity contribution in [3.05, 3.63) is 0 Å². The number of hydrogen-bond donors (Lipinski definition) is 2. The van der Waals surface area contributed by atoms with Crippen molar-refractivity contribution in [2.45, 2.75) is 31.9 Å². The van der Waals surface area contributed by atoms with Crippen LogP contribution in [0.15, 0.2) is 0 Å². The van der Waals surface area contributed by atoms with Crippen molar-refractivity contribution >= 4 is 0 Å². The second kappa shape index (κ2) is 8.17. The smallest absolute Gasteiger partial charge is 0.0791 e. The summed E-state index contributed by atoms with van der Waals surface area (Å²) >= 11 is 0. The van der Waals surface area contributed by atoms with Gasteiger partial charge in [0.25, 0.3) is 0 Å². The number of nitrogens with one attached hydrogen (secondary N) is 1. The summed E-state index contributed by atoms with van der Waals surface area (Å²) in [5, 5.41) is 13.4. The molecule has 2 N–H and O–H groups in total. The maximum atomic E-state index is 10.0. The molecule has 19 heavy (non-hydrogen) atoms. The molecule has 112 valence electrons. The molecule has 5 nitrogen and oxygen atoms in total. The molecule has 0 aromatic carbocycles. The van der Waals surface area contributed by atoms with Crippen LogP contribution in [0.5, 0.6) is 0 Å². The van der Waals surface area contributed by atoms with Gasteiger partial charge in [0.15, 0.2) is 0 Å². The molecule has 5 heteroatoms. The zero-order chi connectivity index (χ0) is 13.5. The molecule has 2 saturated heterocycles. The lowest BCUT2D eigenvalue weighted by Crippen LogP contribution is -2.45. The summed E-state index contributed by atoms with van der Waals surface area (Å²) in [5.74, 6) is 0. The van der Waals surface area contributed by atoms with Crippen LogP contribution >= 0.6 is 0 Å². The van der Waals surface area contributed by atoms with Crippen molar-refractivity contribution in [2.24, 2.45) is 0 Å². The zero-order valence-corrected chi connectivity index (χ0v) is 12.2. The van der Waals surface area contributed by atoms with Crippen molar-refractivity contribution in [3.8, 4) is 0 Å². The van der Waals surface area contributed by atoms with Gasteiger partial charge in [-0.15, -0.1) is 0 Å². The minimum absolute atomic E-state index is 0.274. The number of aliphatic hydroxyl groups is 1. The summed E-state index contributed by atoms with van der Waals surface area (Å²) < 4.78 is 5.31. The molecule has 0 radical (unpaired) electrons. The van der Waals surface area contributed by atoms with E-state index in [4.69, 9.17) is 4.74 Å². The van der Waals surface area contributed by atoms with Gasteiger partial charge in [-0.1, -0.05) is 0 Å². The number of aliphatic hydroxyl groups excluding tert-OH is 1. The van der Waals surface area contributed by atoms with Gasteiger partial charge in [-0.3, -0.25) is 9.80 Å². The molecule has 0 aliphatic carbocycles. The van der Waals surface area contributed by atoms with Crippen molar-refractivity contribution < 1.29 is 9.84 Å². The Hall–Kier alpha value is -0.200. The van der Waals surface area contributed by atoms with Crippen molar-refractivity contribution in [3.63, 3.8) is 0 Å². The molecular formula is C14H29N3O2. The van der Waals surface area contributed by atoms with E-state index in [0.29, 0.717) is 12.6 Å². The average Bonchev–Trinajstić information content (AvgIpc) is 2.93. The number of nitrogens with zero attached hydrogens (tertiary/aromatic N) is 2. The fourth-order valence-corrected chi connectivity index (χ4v) is 2.92. The zero-order valence-electron chi connectivity index (χ0n) is 12.2. The first-order valence-corrected chi connectivity index (χ1v) is 7.68. The van der Waals surface area contributed by atoms with Crippen LogP contribution in [0.1, 0.15) is 19.8 Å². The van der Waals surface area contributed by atoms with Gasteiger partial charge in [-0.2, -0.15) is 0 Å². The van der Waals surface area contributed by atoms with Crippen LogP contribution < -0.4 is 5.32 Å². The maximum absolute atomic E-state index is 10.0. The topological polar surface area (TPSA) is 48.0 Å². The highest BCUT2D eigenvalue weighted by atomic mass is 16.5. The van der Waals surface area contributed by atoms with E-state index in [2.05, 4.69) is 22.0 Å². The van der Waals surface area contributed by atoms with Crippen LogP contribution in [0.4, 0.5) is 0 Å². The van der Waals surface area contributed by atoms with Crippen LogP contribution in [0.3, 0.4) is 0 Å². The van der Waals surface area contributed by atoms with Crippen LogP contribution in [-0.2, 0) is 4.74 Å². The van der Waals surface area contributed by atoms with Gasteiger partial charge >= 0.3 is 0 Å². The largest absolute Gasteiger partial charge is 0.390 e. The van der Waals surface area contributed by atoms with E-state index in [-0.39, 0.29) is 6.10 Å². The Morgan fingerprint density at radius 3 is 2.47 bits per heavy atom. The highest BCUT2D eigenvalue weighted by Crippen LogP contribution is 2.10. The normalized spacial score (nSPS) is 25.6. The van der Waals surface area contributed by atoms with Gasteiger partial charge < -0.3 is 15.2 Å². The number of hydrogen-bond acceptors (Lipinski definition) is 5. The molecular weight excluding hydrogens is 242 g/mol. The van der Waals surface area contributed by atoms with E-state index < -0.39 is 0 Å². The van der Waals surface area contributed by atoms with Gasteiger partial charge in [0.1, 0.15) is 0 Å². The molecule has 2 fully saturated rings. The molecule has 2 aliphatic rings. The lowest BCUT2D eigenvalue weighted by atomic mass is 10.2. The third-order valence-corrected chi connectivity index (χ3v) is 4.16. The number of likely N-dealkylation sites (tertiary alicyclic amines) is 1. The number of ether oxygens (including phenoxy) is 1. The van der Waals surface area contributed by atoms with Crippen molar-refractivity contribution in [1.29, 1.82) is 0 Å². The van der Waals surface area contributed by atoms with E-state index in [0.717, 1.165) is 39.4 Å². The predicted octanol–water partition coefficient (Wildman–Crippen LogP) is -0.247. The summed E-state index contributed by atoms with van der Waals surface area (Å²) in [6, 6.07) is 0.582. The molecule has 0 amide bonds. The van der Waals surface area contributed by atoms with Gasteiger partial charge in [-0.05, 0) is 32.9 Å². The molecule has 2 rings (SSSR count). The molecule has 0 saturated carbocycles. The standard InChI is InChI=1S/C14H29N3O2/c1-13(17-4-2-3-5-17)10-15-11-14(18)12-16-6-8-19-9-7-16/h13-15,18H,2-12H2,1H3. The Bertz CT molecular complexity index is 241. The van der Waals surface area contributed by atoms with Crippen LogP contribution in [0.2, 0.25) is 0 Å². The highest BCUT2D eigenvalue weighted by Gasteiger charge is 2.18. The van der Waals surface area contributed by atoms with Gasteiger partial charge in [-0.25, -0.2) is 0 Å². The number of β-amino-alcohol motifs (C(OH)–C–C–N with tert-alkyl or cyclic N) is 1. The second-order valence-corrected chi connectivity index (χ2v) is 5.82. The molecule has 2 atom stereocenters. The van der Waals surface area contributed by atoms with Gasteiger partial charge in [0.05, 0.1) is 19.3 Å². The average molecular weight is 271 g/mol. The molecule has 0 aromatic heterocycles. The first-order valence-electron chi connectivity index (χ1n) is 7.68. The van der Waals surface area contributed by atoms with Gasteiger partial charge in [0, 0.05) is 38.8 Å². The van der Waals surface area contributed by atoms with Crippen LogP contribution in [0.25, 0.3) is 0 Å². The fourth-order valence-electron chi connectivity index (χ4n) is 2.92. The van der Waals surface area contributed by atoms with Gasteiger partial charge in [0.2, 0.25) is 0 Å². The third kappa shape index (κ3) is 5.36. The van der Waals surface area contributed by atoms with Crippen LogP contribution in [0, 0.1) is 0 Å². The third-order valence-electron chi connectivity index (χ3n) is 4.16. The Kier molecular flexibility index (Phi) is 6.53. The van der Waals surface area contributed by atoms with Crippen LogP contribution in [-0.4, -0.2) is 86.1 Å². The first-order chi connectivity index (χ1) is 9.25. The highest BCUT2D eigenvalue weighted by molar-refractivity contribution is 4.76. The lowest BCUT2D eigenvalue weighted by molar-refractivity contribution is 0.0147. The van der Waals surface area contributed by atoms with E-state index in [1.54, 1.807) is 0 Å². The Morgan fingerprint density at radius 2 is 1.79 bits per heavy atom. The maximum Gasteiger partial charge on any atom is 0.0791 e. The molecule has 2 heterocycles.